The van der Waals surface area contributed by atoms with Crippen molar-refractivity contribution >= 4 is 29.4 Å². The van der Waals surface area contributed by atoms with Gasteiger partial charge in [0.15, 0.2) is 0 Å². The number of imide groups is 1. The van der Waals surface area contributed by atoms with Crippen molar-refractivity contribution in [2.24, 2.45) is 5.11 Å². The van der Waals surface area contributed by atoms with E-state index < -0.39 is 17.8 Å². The van der Waals surface area contributed by atoms with E-state index in [2.05, 4.69) is 10.0 Å². The van der Waals surface area contributed by atoms with Crippen LogP contribution in [0.25, 0.3) is 10.4 Å². The van der Waals surface area contributed by atoms with E-state index in [0.29, 0.717) is 10.6 Å². The van der Waals surface area contributed by atoms with Gasteiger partial charge in [-0.1, -0.05) is 22.8 Å². The van der Waals surface area contributed by atoms with Crippen LogP contribution in [0.5, 0.6) is 0 Å². The first-order valence-corrected chi connectivity index (χ1v) is 6.28. The topological polar surface area (TPSA) is 112 Å². The lowest BCUT2D eigenvalue weighted by Gasteiger charge is -2.13. The summed E-state index contributed by atoms with van der Waals surface area (Å²) in [6.07, 6.45) is 0.0376. The summed E-state index contributed by atoms with van der Waals surface area (Å²) in [5, 5.41) is 3.89. The van der Waals surface area contributed by atoms with Crippen LogP contribution in [-0.2, 0) is 21.0 Å². The zero-order chi connectivity index (χ0) is 15.4. The van der Waals surface area contributed by atoms with Crippen molar-refractivity contribution in [3.8, 4) is 0 Å². The van der Waals surface area contributed by atoms with Crippen LogP contribution in [0, 0.1) is 0 Å². The molecule has 0 radical (unpaired) electrons. The number of hydrogen-bond acceptors (Lipinski definition) is 5. The molecule has 0 unspecified atom stereocenters. The lowest BCUT2D eigenvalue weighted by atomic mass is 10.1. The SMILES string of the molecule is [N-]=[N+]=NCc1ccc(C(=O)ON2C(=O)CCC2=O)c(Cl)c1. The molecule has 108 valence electrons. The van der Waals surface area contributed by atoms with E-state index in [1.807, 2.05) is 0 Å². The van der Waals surface area contributed by atoms with Gasteiger partial charge >= 0.3 is 5.97 Å². The molecule has 1 aromatic carbocycles. The van der Waals surface area contributed by atoms with Gasteiger partial charge in [-0.3, -0.25) is 9.59 Å². The third kappa shape index (κ3) is 3.31. The lowest BCUT2D eigenvalue weighted by Crippen LogP contribution is -2.32. The maximum atomic E-state index is 11.9. The Morgan fingerprint density at radius 2 is 2.05 bits per heavy atom. The number of amides is 2. The van der Waals surface area contributed by atoms with Crippen LogP contribution in [0.4, 0.5) is 0 Å². The zero-order valence-electron chi connectivity index (χ0n) is 10.7. The van der Waals surface area contributed by atoms with Gasteiger partial charge in [0, 0.05) is 17.8 Å². The molecule has 0 aliphatic carbocycles. The van der Waals surface area contributed by atoms with Crippen LogP contribution >= 0.6 is 11.6 Å². The van der Waals surface area contributed by atoms with E-state index in [1.165, 1.54) is 18.2 Å². The molecule has 8 nitrogen and oxygen atoms in total. The quantitative estimate of drug-likeness (QED) is 0.367. The third-order valence-corrected chi connectivity index (χ3v) is 3.06. The summed E-state index contributed by atoms with van der Waals surface area (Å²) in [7, 11) is 0. The molecule has 0 aromatic heterocycles. The molecule has 0 spiro atoms. The second-order valence-electron chi connectivity index (χ2n) is 4.16. The first-order valence-electron chi connectivity index (χ1n) is 5.90. The fraction of sp³-hybridized carbons (Fsp3) is 0.250. The zero-order valence-corrected chi connectivity index (χ0v) is 11.4. The second-order valence-corrected chi connectivity index (χ2v) is 4.57. The standard InChI is InChI=1S/C12H9ClN4O4/c13-9-5-7(6-15-16-14)1-2-8(9)12(20)21-17-10(18)3-4-11(17)19/h1-2,5H,3-4,6H2. The summed E-state index contributed by atoms with van der Waals surface area (Å²) in [6.45, 7) is 0.0919. The maximum Gasteiger partial charge on any atom is 0.365 e. The van der Waals surface area contributed by atoms with Gasteiger partial charge in [-0.15, -0.1) is 5.06 Å². The Bertz CT molecular complexity index is 653. The molecule has 0 saturated carbocycles. The molecule has 1 heterocycles. The Hall–Kier alpha value is -2.57. The molecule has 0 atom stereocenters. The minimum Gasteiger partial charge on any atom is -0.325 e. The number of nitrogens with zero attached hydrogens (tertiary/aromatic N) is 4. The molecule has 0 N–H and O–H groups in total. The summed E-state index contributed by atoms with van der Waals surface area (Å²) in [6, 6.07) is 4.35. The number of benzene rings is 1. The Kier molecular flexibility index (Phi) is 4.42. The molecule has 1 aromatic rings. The molecule has 0 bridgehead atoms. The van der Waals surface area contributed by atoms with Gasteiger partial charge in [-0.2, -0.15) is 0 Å². The highest BCUT2D eigenvalue weighted by Gasteiger charge is 2.33. The highest BCUT2D eigenvalue weighted by Crippen LogP contribution is 2.21. The predicted molar refractivity (Wildman–Crippen MR) is 70.8 cm³/mol. The van der Waals surface area contributed by atoms with Gasteiger partial charge in [0.05, 0.1) is 17.1 Å². The van der Waals surface area contributed by atoms with Crippen LogP contribution in [0.15, 0.2) is 23.3 Å². The second kappa shape index (κ2) is 6.25. The summed E-state index contributed by atoms with van der Waals surface area (Å²) < 4.78 is 0. The number of rotatable bonds is 4. The summed E-state index contributed by atoms with van der Waals surface area (Å²) in [5.41, 5.74) is 8.85. The van der Waals surface area contributed by atoms with Gasteiger partial charge in [-0.25, -0.2) is 4.79 Å². The largest absolute Gasteiger partial charge is 0.365 e. The minimum absolute atomic E-state index is 0.00820. The lowest BCUT2D eigenvalue weighted by molar-refractivity contribution is -0.172. The monoisotopic (exact) mass is 308 g/mol. The Labute approximate surface area is 123 Å². The Morgan fingerprint density at radius 1 is 1.38 bits per heavy atom. The molecule has 1 aliphatic heterocycles. The van der Waals surface area contributed by atoms with Gasteiger partial charge in [0.25, 0.3) is 11.8 Å². The predicted octanol–water partition coefficient (Wildman–Crippen LogP) is 2.37. The minimum atomic E-state index is -0.904. The summed E-state index contributed by atoms with van der Waals surface area (Å²) in [5.74, 6) is -2.03. The van der Waals surface area contributed by atoms with Crippen molar-refractivity contribution < 1.29 is 19.2 Å². The number of carbonyl (C=O) groups excluding carboxylic acids is 3. The molecule has 2 rings (SSSR count). The fourth-order valence-electron chi connectivity index (χ4n) is 1.73. The molecule has 1 saturated heterocycles. The average Bonchev–Trinajstić information content (AvgIpc) is 2.77. The molecule has 9 heteroatoms. The number of hydroxylamine groups is 2. The normalized spacial score (nSPS) is 14.0. The highest BCUT2D eigenvalue weighted by molar-refractivity contribution is 6.33. The van der Waals surface area contributed by atoms with Crippen LogP contribution < -0.4 is 0 Å². The van der Waals surface area contributed by atoms with E-state index >= 15 is 0 Å². The first kappa shape index (κ1) is 14.8. The number of hydrogen-bond donors (Lipinski definition) is 0. The molecule has 1 fully saturated rings. The molecule has 1 aliphatic rings. The maximum absolute atomic E-state index is 11.9. The van der Waals surface area contributed by atoms with E-state index in [0.717, 1.165) is 0 Å². The summed E-state index contributed by atoms with van der Waals surface area (Å²) in [4.78, 5) is 42.0. The van der Waals surface area contributed by atoms with Crippen LogP contribution in [-0.4, -0.2) is 22.8 Å². The average molecular weight is 309 g/mol. The van der Waals surface area contributed by atoms with Crippen molar-refractivity contribution in [1.82, 2.24) is 5.06 Å². The first-order chi connectivity index (χ1) is 10.0. The smallest absolute Gasteiger partial charge is 0.325 e. The van der Waals surface area contributed by atoms with Gasteiger partial charge in [-0.05, 0) is 23.2 Å². The van der Waals surface area contributed by atoms with E-state index in [1.54, 1.807) is 0 Å². The highest BCUT2D eigenvalue weighted by atomic mass is 35.5. The third-order valence-electron chi connectivity index (χ3n) is 2.75. The number of carbonyl (C=O) groups is 3. The van der Waals surface area contributed by atoms with Gasteiger partial charge in [0.2, 0.25) is 0 Å². The number of azide groups is 1. The Morgan fingerprint density at radius 3 is 2.62 bits per heavy atom. The molecular weight excluding hydrogens is 300 g/mol. The van der Waals surface area contributed by atoms with Crippen LogP contribution in [0.2, 0.25) is 5.02 Å². The van der Waals surface area contributed by atoms with Crippen molar-refractivity contribution in [3.63, 3.8) is 0 Å². The van der Waals surface area contributed by atoms with E-state index in [9.17, 15) is 14.4 Å². The molecular formula is C12H9ClN4O4. The van der Waals surface area contributed by atoms with E-state index in [-0.39, 0.29) is 30.0 Å². The fourth-order valence-corrected chi connectivity index (χ4v) is 2.01. The summed E-state index contributed by atoms with van der Waals surface area (Å²) >= 11 is 5.94. The van der Waals surface area contributed by atoms with Crippen molar-refractivity contribution in [1.29, 1.82) is 0 Å². The van der Waals surface area contributed by atoms with Gasteiger partial charge < -0.3 is 4.84 Å². The Balaban J connectivity index is 2.14. The van der Waals surface area contributed by atoms with Crippen molar-refractivity contribution in [2.75, 3.05) is 0 Å². The van der Waals surface area contributed by atoms with Gasteiger partial charge in [0.1, 0.15) is 0 Å². The molecule has 21 heavy (non-hydrogen) atoms. The van der Waals surface area contributed by atoms with E-state index in [4.69, 9.17) is 22.0 Å². The van der Waals surface area contributed by atoms with Crippen molar-refractivity contribution in [3.05, 3.63) is 44.8 Å². The van der Waals surface area contributed by atoms with Crippen LogP contribution in [0.3, 0.4) is 0 Å². The van der Waals surface area contributed by atoms with Crippen molar-refractivity contribution in [2.45, 2.75) is 19.4 Å². The van der Waals surface area contributed by atoms with Crippen LogP contribution in [0.1, 0.15) is 28.8 Å². The molecule has 2 amide bonds. The number of halogens is 1.